The molecule has 0 atom stereocenters. The average molecular weight is 462 g/mol. The van der Waals surface area contributed by atoms with E-state index in [1.54, 1.807) is 30.3 Å². The molecular formula is C22H15FN6O3S. The number of carbonyl (C=O) groups excluding carboxylic acids is 1. The van der Waals surface area contributed by atoms with Crippen LogP contribution >= 0.6 is 11.3 Å². The van der Waals surface area contributed by atoms with Crippen molar-refractivity contribution in [1.82, 2.24) is 24.4 Å². The summed E-state index contributed by atoms with van der Waals surface area (Å²) < 4.78 is 15.8. The summed E-state index contributed by atoms with van der Waals surface area (Å²) in [7, 11) is 0. The molecule has 0 fully saturated rings. The molecule has 0 aliphatic heterocycles. The van der Waals surface area contributed by atoms with Crippen LogP contribution in [-0.4, -0.2) is 35.4 Å². The van der Waals surface area contributed by atoms with Crippen LogP contribution in [0.5, 0.6) is 5.75 Å². The molecule has 3 heterocycles. The van der Waals surface area contributed by atoms with Crippen molar-refractivity contribution < 1.29 is 14.3 Å². The molecule has 3 aromatic heterocycles. The Morgan fingerprint density at radius 1 is 1.12 bits per heavy atom. The number of halogens is 1. The first-order valence-electron chi connectivity index (χ1n) is 9.71. The third kappa shape index (κ3) is 3.85. The van der Waals surface area contributed by atoms with Gasteiger partial charge in [-0.1, -0.05) is 12.1 Å². The van der Waals surface area contributed by atoms with Gasteiger partial charge in [0, 0.05) is 17.0 Å². The monoisotopic (exact) mass is 462 g/mol. The van der Waals surface area contributed by atoms with E-state index in [1.807, 2.05) is 18.4 Å². The Bertz CT molecular complexity index is 1570. The van der Waals surface area contributed by atoms with Gasteiger partial charge in [-0.2, -0.15) is 14.8 Å². The summed E-state index contributed by atoms with van der Waals surface area (Å²) in [6.07, 6.45) is 0. The highest BCUT2D eigenvalue weighted by atomic mass is 32.1. The first-order chi connectivity index (χ1) is 15.9. The van der Waals surface area contributed by atoms with Gasteiger partial charge < -0.3 is 5.11 Å². The molecule has 5 aromatic rings. The Kier molecular flexibility index (Phi) is 4.94. The van der Waals surface area contributed by atoms with Crippen molar-refractivity contribution in [3.05, 3.63) is 87.4 Å². The molecule has 0 spiro atoms. The predicted molar refractivity (Wildman–Crippen MR) is 120 cm³/mol. The van der Waals surface area contributed by atoms with E-state index in [2.05, 4.69) is 20.5 Å². The van der Waals surface area contributed by atoms with Crippen molar-refractivity contribution in [1.29, 1.82) is 0 Å². The summed E-state index contributed by atoms with van der Waals surface area (Å²) in [6.45, 7) is 1.86. The van der Waals surface area contributed by atoms with Gasteiger partial charge in [0.05, 0.1) is 11.4 Å². The molecule has 9 nitrogen and oxygen atoms in total. The topological polar surface area (TPSA) is 114 Å². The van der Waals surface area contributed by atoms with E-state index in [0.717, 1.165) is 21.9 Å². The summed E-state index contributed by atoms with van der Waals surface area (Å²) >= 11 is 1.30. The van der Waals surface area contributed by atoms with E-state index >= 15 is 0 Å². The molecule has 33 heavy (non-hydrogen) atoms. The van der Waals surface area contributed by atoms with Crippen molar-refractivity contribution in [2.45, 2.75) is 6.92 Å². The van der Waals surface area contributed by atoms with Gasteiger partial charge in [0.2, 0.25) is 4.96 Å². The molecule has 164 valence electrons. The van der Waals surface area contributed by atoms with E-state index in [1.165, 1.54) is 28.0 Å². The maximum absolute atomic E-state index is 13.2. The number of amides is 1. The van der Waals surface area contributed by atoms with Crippen molar-refractivity contribution >= 4 is 28.2 Å². The van der Waals surface area contributed by atoms with Crippen LogP contribution in [0.3, 0.4) is 0 Å². The van der Waals surface area contributed by atoms with Crippen molar-refractivity contribution in [3.8, 4) is 22.7 Å². The normalized spacial score (nSPS) is 11.1. The summed E-state index contributed by atoms with van der Waals surface area (Å²) in [6, 6.07) is 13.9. The molecule has 2 N–H and O–H groups in total. The highest BCUT2D eigenvalue weighted by Gasteiger charge is 2.20. The zero-order valence-corrected chi connectivity index (χ0v) is 17.9. The minimum Gasteiger partial charge on any atom is -0.505 e. The largest absolute Gasteiger partial charge is 0.505 e. The number of aromatic hydroxyl groups is 1. The molecule has 11 heteroatoms. The number of aryl methyl sites for hydroxylation is 1. The van der Waals surface area contributed by atoms with E-state index in [9.17, 15) is 19.1 Å². The van der Waals surface area contributed by atoms with Gasteiger partial charge in [0.15, 0.2) is 11.4 Å². The van der Waals surface area contributed by atoms with Gasteiger partial charge in [-0.15, -0.1) is 16.4 Å². The fourth-order valence-corrected chi connectivity index (χ4v) is 4.10. The Balaban J connectivity index is 1.47. The van der Waals surface area contributed by atoms with Gasteiger partial charge >= 0.3 is 0 Å². The first-order valence-corrected chi connectivity index (χ1v) is 10.6. The molecule has 0 aliphatic carbocycles. The minimum absolute atomic E-state index is 0.00952. The van der Waals surface area contributed by atoms with Gasteiger partial charge in [-0.05, 0) is 48.9 Å². The lowest BCUT2D eigenvalue weighted by Crippen LogP contribution is -2.25. The SMILES string of the molecule is Cc1cccc(-n2nc(C(=O)Nc3nc4scc(-c5ccc(F)cc5)n4n3)c(O)cc2=O)c1. The second kappa shape index (κ2) is 7.95. The zero-order valence-electron chi connectivity index (χ0n) is 17.1. The summed E-state index contributed by atoms with van der Waals surface area (Å²) in [5, 5.41) is 22.8. The zero-order chi connectivity index (χ0) is 23.1. The lowest BCUT2D eigenvalue weighted by Gasteiger charge is -2.08. The minimum atomic E-state index is -0.782. The summed E-state index contributed by atoms with van der Waals surface area (Å²) in [4.78, 5) is 29.9. The van der Waals surface area contributed by atoms with Gasteiger partial charge in [-0.3, -0.25) is 14.9 Å². The third-order valence-corrected chi connectivity index (χ3v) is 5.64. The Hall–Kier alpha value is -4.38. The molecule has 0 saturated carbocycles. The van der Waals surface area contributed by atoms with Crippen molar-refractivity contribution in [2.75, 3.05) is 5.32 Å². The number of thiazole rings is 1. The van der Waals surface area contributed by atoms with Crippen LogP contribution in [0.15, 0.2) is 64.8 Å². The molecule has 5 rings (SSSR count). The number of fused-ring (bicyclic) bond motifs is 1. The number of hydrogen-bond acceptors (Lipinski definition) is 7. The first kappa shape index (κ1) is 20.5. The Labute approximate surface area is 189 Å². The quantitative estimate of drug-likeness (QED) is 0.423. The van der Waals surface area contributed by atoms with Crippen LogP contribution in [0, 0.1) is 12.7 Å². The standard InChI is InChI=1S/C22H15FN6O3S/c1-12-3-2-4-15(9-12)28-18(31)10-17(30)19(26-28)20(32)24-21-25-22-29(27-21)16(11-33-22)13-5-7-14(23)8-6-13/h2-11,30H,1H3,(H,24,27,32). The van der Waals surface area contributed by atoms with Crippen LogP contribution in [0.1, 0.15) is 16.1 Å². The smallest absolute Gasteiger partial charge is 0.282 e. The fraction of sp³-hybridized carbons (Fsp3) is 0.0455. The number of benzene rings is 2. The van der Waals surface area contributed by atoms with Gasteiger partial charge in [0.25, 0.3) is 17.4 Å². The molecule has 1 amide bonds. The number of hydrogen-bond donors (Lipinski definition) is 2. The second-order valence-corrected chi connectivity index (χ2v) is 8.02. The number of nitrogens with one attached hydrogen (secondary N) is 1. The molecular weight excluding hydrogens is 447 g/mol. The van der Waals surface area contributed by atoms with Crippen LogP contribution in [-0.2, 0) is 0 Å². The maximum atomic E-state index is 13.2. The van der Waals surface area contributed by atoms with Gasteiger partial charge in [0.1, 0.15) is 5.82 Å². The lowest BCUT2D eigenvalue weighted by molar-refractivity contribution is 0.101. The van der Waals surface area contributed by atoms with E-state index in [-0.39, 0.29) is 17.5 Å². The van der Waals surface area contributed by atoms with Crippen LogP contribution in [0.25, 0.3) is 21.9 Å². The summed E-state index contributed by atoms with van der Waals surface area (Å²) in [5.41, 5.74) is 1.83. The van der Waals surface area contributed by atoms with E-state index in [0.29, 0.717) is 16.3 Å². The lowest BCUT2D eigenvalue weighted by atomic mass is 10.2. The third-order valence-electron chi connectivity index (χ3n) is 4.82. The Morgan fingerprint density at radius 3 is 2.67 bits per heavy atom. The molecule has 0 unspecified atom stereocenters. The van der Waals surface area contributed by atoms with Crippen molar-refractivity contribution in [3.63, 3.8) is 0 Å². The molecule has 0 radical (unpaired) electrons. The van der Waals surface area contributed by atoms with Crippen LogP contribution in [0.2, 0.25) is 0 Å². The molecule has 2 aromatic carbocycles. The van der Waals surface area contributed by atoms with E-state index < -0.39 is 17.2 Å². The molecule has 0 saturated heterocycles. The number of nitrogens with zero attached hydrogens (tertiary/aromatic N) is 5. The molecule has 0 aliphatic rings. The van der Waals surface area contributed by atoms with Gasteiger partial charge in [-0.25, -0.2) is 8.91 Å². The highest BCUT2D eigenvalue weighted by molar-refractivity contribution is 7.15. The summed E-state index contributed by atoms with van der Waals surface area (Å²) in [5.74, 6) is -1.70. The second-order valence-electron chi connectivity index (χ2n) is 7.18. The van der Waals surface area contributed by atoms with E-state index in [4.69, 9.17) is 0 Å². The fourth-order valence-electron chi connectivity index (χ4n) is 3.27. The number of anilines is 1. The number of rotatable bonds is 4. The Morgan fingerprint density at radius 2 is 1.91 bits per heavy atom. The highest BCUT2D eigenvalue weighted by Crippen LogP contribution is 2.26. The maximum Gasteiger partial charge on any atom is 0.282 e. The average Bonchev–Trinajstić information content (AvgIpc) is 3.34. The van der Waals surface area contributed by atoms with Crippen LogP contribution < -0.4 is 10.9 Å². The van der Waals surface area contributed by atoms with Crippen molar-refractivity contribution in [2.24, 2.45) is 0 Å². The number of aromatic nitrogens is 5. The predicted octanol–water partition coefficient (Wildman–Crippen LogP) is 3.41. The number of carbonyl (C=O) groups is 1. The molecule has 0 bridgehead atoms. The van der Waals surface area contributed by atoms with Crippen LogP contribution in [0.4, 0.5) is 10.3 Å².